The summed E-state index contributed by atoms with van der Waals surface area (Å²) in [5, 5.41) is 5.31. The topological polar surface area (TPSA) is 66.9 Å². The van der Waals surface area contributed by atoms with E-state index in [9.17, 15) is 18.0 Å². The van der Waals surface area contributed by atoms with E-state index in [1.165, 1.54) is 30.6 Å². The molecule has 1 aromatic heterocycles. The van der Waals surface area contributed by atoms with Crippen molar-refractivity contribution in [2.24, 2.45) is 0 Å². The zero-order valence-electron chi connectivity index (χ0n) is 15.1. The Morgan fingerprint density at radius 1 is 0.964 bits per heavy atom. The summed E-state index contributed by atoms with van der Waals surface area (Å²) >= 11 is 0. The lowest BCUT2D eigenvalue weighted by molar-refractivity contribution is -0.136. The average molecular weight is 386 g/mol. The molecule has 0 fully saturated rings. The van der Waals surface area contributed by atoms with Crippen molar-refractivity contribution in [1.82, 2.24) is 9.97 Å². The molecule has 2 aromatic carbocycles. The normalized spacial score (nSPS) is 11.2. The SMILES string of the molecule is Cc1cc(C)cc(Nc2cnc(C(=O)Nc3ccccc3C(F)(F)F)cn2)c1. The lowest BCUT2D eigenvalue weighted by Crippen LogP contribution is -2.18. The monoisotopic (exact) mass is 386 g/mol. The lowest BCUT2D eigenvalue weighted by atomic mass is 10.1. The molecular formula is C20H17F3N4O. The number of rotatable bonds is 4. The molecule has 0 aliphatic carbocycles. The fourth-order valence-corrected chi connectivity index (χ4v) is 2.73. The molecule has 2 N–H and O–H groups in total. The van der Waals surface area contributed by atoms with Gasteiger partial charge in [-0.3, -0.25) is 4.79 Å². The molecule has 8 heteroatoms. The summed E-state index contributed by atoms with van der Waals surface area (Å²) in [6, 6.07) is 10.7. The predicted octanol–water partition coefficient (Wildman–Crippen LogP) is 5.11. The smallest absolute Gasteiger partial charge is 0.339 e. The van der Waals surface area contributed by atoms with Crippen LogP contribution in [0.15, 0.2) is 54.9 Å². The molecule has 1 amide bonds. The van der Waals surface area contributed by atoms with Crippen molar-refractivity contribution in [2.45, 2.75) is 20.0 Å². The fraction of sp³-hybridized carbons (Fsp3) is 0.150. The standard InChI is InChI=1S/C20H17F3N4O/c1-12-7-13(2)9-14(8-12)26-18-11-24-17(10-25-18)19(28)27-16-6-4-3-5-15(16)20(21,22)23/h3-11H,1-2H3,(H,25,26)(H,27,28). The number of amides is 1. The molecule has 0 unspecified atom stereocenters. The van der Waals surface area contributed by atoms with Crippen LogP contribution in [0.2, 0.25) is 0 Å². The van der Waals surface area contributed by atoms with Crippen LogP contribution in [0, 0.1) is 13.8 Å². The second-order valence-corrected chi connectivity index (χ2v) is 6.29. The van der Waals surface area contributed by atoms with Gasteiger partial charge >= 0.3 is 6.18 Å². The number of aryl methyl sites for hydroxylation is 2. The van der Waals surface area contributed by atoms with Gasteiger partial charge in [-0.15, -0.1) is 0 Å². The van der Waals surface area contributed by atoms with E-state index < -0.39 is 17.6 Å². The maximum absolute atomic E-state index is 13.0. The van der Waals surface area contributed by atoms with Gasteiger partial charge in [0.25, 0.3) is 5.91 Å². The number of benzene rings is 2. The highest BCUT2D eigenvalue weighted by atomic mass is 19.4. The van der Waals surface area contributed by atoms with Gasteiger partial charge in [0, 0.05) is 5.69 Å². The van der Waals surface area contributed by atoms with Crippen molar-refractivity contribution >= 4 is 23.1 Å². The Bertz CT molecular complexity index is 981. The van der Waals surface area contributed by atoms with Gasteiger partial charge < -0.3 is 10.6 Å². The quantitative estimate of drug-likeness (QED) is 0.654. The molecular weight excluding hydrogens is 369 g/mol. The summed E-state index contributed by atoms with van der Waals surface area (Å²) < 4.78 is 39.1. The molecule has 144 valence electrons. The maximum Gasteiger partial charge on any atom is 0.418 e. The molecule has 3 rings (SSSR count). The third-order valence-corrected chi connectivity index (χ3v) is 3.86. The predicted molar refractivity (Wildman–Crippen MR) is 101 cm³/mol. The maximum atomic E-state index is 13.0. The van der Waals surface area contributed by atoms with Crippen LogP contribution in [-0.4, -0.2) is 15.9 Å². The number of carbonyl (C=O) groups is 1. The van der Waals surface area contributed by atoms with Crippen LogP contribution in [0.4, 0.5) is 30.4 Å². The Balaban J connectivity index is 1.74. The number of carbonyl (C=O) groups excluding carboxylic acids is 1. The first-order valence-corrected chi connectivity index (χ1v) is 8.37. The van der Waals surface area contributed by atoms with Gasteiger partial charge in [0.1, 0.15) is 11.5 Å². The van der Waals surface area contributed by atoms with Gasteiger partial charge in [0.05, 0.1) is 23.6 Å². The lowest BCUT2D eigenvalue weighted by Gasteiger charge is -2.13. The summed E-state index contributed by atoms with van der Waals surface area (Å²) in [4.78, 5) is 20.4. The Hall–Kier alpha value is -3.42. The fourth-order valence-electron chi connectivity index (χ4n) is 2.73. The molecule has 0 aliphatic heterocycles. The van der Waals surface area contributed by atoms with Gasteiger partial charge in [-0.2, -0.15) is 13.2 Å². The minimum Gasteiger partial charge on any atom is -0.339 e. The minimum atomic E-state index is -4.57. The van der Waals surface area contributed by atoms with Crippen LogP contribution in [0.5, 0.6) is 0 Å². The molecule has 0 bridgehead atoms. The number of nitrogens with zero attached hydrogens (tertiary/aromatic N) is 2. The first kappa shape index (κ1) is 19.3. The Labute approximate surface area is 159 Å². The Morgan fingerprint density at radius 3 is 2.25 bits per heavy atom. The van der Waals surface area contributed by atoms with Crippen LogP contribution >= 0.6 is 0 Å². The van der Waals surface area contributed by atoms with Crippen molar-refractivity contribution in [3.63, 3.8) is 0 Å². The largest absolute Gasteiger partial charge is 0.418 e. The van der Waals surface area contributed by atoms with Gasteiger partial charge in [-0.1, -0.05) is 18.2 Å². The third kappa shape index (κ3) is 4.64. The molecule has 5 nitrogen and oxygen atoms in total. The van der Waals surface area contributed by atoms with E-state index in [0.717, 1.165) is 22.9 Å². The molecule has 3 aromatic rings. The number of halogens is 3. The Kier molecular flexibility index (Phi) is 5.30. The van der Waals surface area contributed by atoms with Crippen molar-refractivity contribution in [2.75, 3.05) is 10.6 Å². The summed E-state index contributed by atoms with van der Waals surface area (Å²) in [5.74, 6) is -0.362. The summed E-state index contributed by atoms with van der Waals surface area (Å²) in [6.45, 7) is 3.94. The van der Waals surface area contributed by atoms with Crippen LogP contribution in [-0.2, 0) is 6.18 Å². The van der Waals surface area contributed by atoms with Crippen molar-refractivity contribution in [3.8, 4) is 0 Å². The van der Waals surface area contributed by atoms with Gasteiger partial charge in [0.15, 0.2) is 0 Å². The van der Waals surface area contributed by atoms with E-state index in [1.807, 2.05) is 32.0 Å². The highest BCUT2D eigenvalue weighted by Gasteiger charge is 2.33. The van der Waals surface area contributed by atoms with Crippen LogP contribution in [0.1, 0.15) is 27.2 Å². The number of nitrogens with one attached hydrogen (secondary N) is 2. The van der Waals surface area contributed by atoms with Crippen LogP contribution in [0.3, 0.4) is 0 Å². The van der Waals surface area contributed by atoms with E-state index in [4.69, 9.17) is 0 Å². The highest BCUT2D eigenvalue weighted by Crippen LogP contribution is 2.34. The van der Waals surface area contributed by atoms with E-state index in [-0.39, 0.29) is 11.4 Å². The summed E-state index contributed by atoms with van der Waals surface area (Å²) in [5.41, 5.74) is 1.62. The molecule has 0 atom stereocenters. The summed E-state index contributed by atoms with van der Waals surface area (Å²) in [6.07, 6.45) is -2.02. The van der Waals surface area contributed by atoms with Crippen LogP contribution in [0.25, 0.3) is 0 Å². The number of hydrogen-bond acceptors (Lipinski definition) is 4. The van der Waals surface area contributed by atoms with Gasteiger partial charge in [-0.05, 0) is 49.2 Å². The average Bonchev–Trinajstić information content (AvgIpc) is 2.61. The first-order valence-electron chi connectivity index (χ1n) is 8.37. The molecule has 0 radical (unpaired) electrons. The second-order valence-electron chi connectivity index (χ2n) is 6.29. The van der Waals surface area contributed by atoms with E-state index >= 15 is 0 Å². The third-order valence-electron chi connectivity index (χ3n) is 3.86. The zero-order valence-corrected chi connectivity index (χ0v) is 15.1. The Morgan fingerprint density at radius 2 is 1.64 bits per heavy atom. The molecule has 0 saturated carbocycles. The number of para-hydroxylation sites is 1. The van der Waals surface area contributed by atoms with E-state index in [0.29, 0.717) is 5.82 Å². The van der Waals surface area contributed by atoms with Gasteiger partial charge in [0.2, 0.25) is 0 Å². The van der Waals surface area contributed by atoms with Crippen LogP contribution < -0.4 is 10.6 Å². The molecule has 0 saturated heterocycles. The molecule has 1 heterocycles. The molecule has 28 heavy (non-hydrogen) atoms. The molecule has 0 aliphatic rings. The van der Waals surface area contributed by atoms with Crippen molar-refractivity contribution in [1.29, 1.82) is 0 Å². The second kappa shape index (κ2) is 7.67. The highest BCUT2D eigenvalue weighted by molar-refractivity contribution is 6.03. The van der Waals surface area contributed by atoms with E-state index in [2.05, 4.69) is 20.6 Å². The van der Waals surface area contributed by atoms with E-state index in [1.54, 1.807) is 0 Å². The number of alkyl halides is 3. The van der Waals surface area contributed by atoms with Gasteiger partial charge in [-0.25, -0.2) is 9.97 Å². The molecule has 0 spiro atoms. The number of anilines is 3. The summed E-state index contributed by atoms with van der Waals surface area (Å²) in [7, 11) is 0. The number of aromatic nitrogens is 2. The zero-order chi connectivity index (χ0) is 20.3. The minimum absolute atomic E-state index is 0.0945. The van der Waals surface area contributed by atoms with Crippen molar-refractivity contribution < 1.29 is 18.0 Å². The number of hydrogen-bond donors (Lipinski definition) is 2. The van der Waals surface area contributed by atoms with Crippen molar-refractivity contribution in [3.05, 3.63) is 77.2 Å². The first-order chi connectivity index (χ1) is 13.2.